The van der Waals surface area contributed by atoms with Crippen LogP contribution in [0.2, 0.25) is 0 Å². The second-order valence-corrected chi connectivity index (χ2v) is 21.1. The molecule has 0 aliphatic carbocycles. The summed E-state index contributed by atoms with van der Waals surface area (Å²) in [6, 6.07) is 72.7. The van der Waals surface area contributed by atoms with Crippen molar-refractivity contribution < 1.29 is 44.8 Å². The van der Waals surface area contributed by atoms with Crippen LogP contribution in [0.25, 0.3) is 21.5 Å². The molecule has 0 spiro atoms. The summed E-state index contributed by atoms with van der Waals surface area (Å²) in [7, 11) is -2.13. The van der Waals surface area contributed by atoms with Gasteiger partial charge >= 0.3 is 44.8 Å². The van der Waals surface area contributed by atoms with Gasteiger partial charge in [-0.1, -0.05) is 156 Å². The first-order valence-corrected chi connectivity index (χ1v) is 22.0. The Balaban J connectivity index is 0.000000233. The third-order valence-electron chi connectivity index (χ3n) is 10.9. The topological polar surface area (TPSA) is 0 Å². The van der Waals surface area contributed by atoms with Crippen LogP contribution in [0.1, 0.15) is 38.8 Å². The quantitative estimate of drug-likeness (QED) is 0.0646. The molecule has 0 aromatic heterocycles. The second kappa shape index (κ2) is 22.2. The van der Waals surface area contributed by atoms with Crippen molar-refractivity contribution in [3.63, 3.8) is 0 Å². The van der Waals surface area contributed by atoms with E-state index in [0.29, 0.717) is 0 Å². The SMILES string of the molecule is CC(C)([PH+](c1ccccc1)c1ccccc1)C(C)(C)[PH+](c1ccccc1)c1ccccc1.[Ag+].[Ag+].[C-]#Cc1cccc2ccccc12.[C-]#Cc1cccc2ccccc12. The van der Waals surface area contributed by atoms with E-state index in [1.807, 2.05) is 84.9 Å². The fourth-order valence-electron chi connectivity index (χ4n) is 7.49. The van der Waals surface area contributed by atoms with Gasteiger partial charge in [0.25, 0.3) is 0 Å². The summed E-state index contributed by atoms with van der Waals surface area (Å²) in [5, 5.41) is 10.7. The van der Waals surface area contributed by atoms with Crippen LogP contribution in [0.5, 0.6) is 0 Å². The van der Waals surface area contributed by atoms with E-state index >= 15 is 0 Å². The van der Waals surface area contributed by atoms with Crippen molar-refractivity contribution in [2.75, 3.05) is 0 Å². The normalized spacial score (nSPS) is 10.8. The molecule has 4 heteroatoms. The van der Waals surface area contributed by atoms with E-state index < -0.39 is 15.8 Å². The predicted molar refractivity (Wildman–Crippen MR) is 249 cm³/mol. The largest absolute Gasteiger partial charge is 1.00 e. The number of benzene rings is 8. The minimum absolute atomic E-state index is 0. The molecular weight excluding hydrogens is 926 g/mol. The van der Waals surface area contributed by atoms with Crippen LogP contribution in [-0.2, 0) is 44.8 Å². The Hall–Kier alpha value is -4.26. The monoisotopic (exact) mass is 972 g/mol. The Morgan fingerprint density at radius 1 is 0.328 bits per heavy atom. The van der Waals surface area contributed by atoms with Gasteiger partial charge in [-0.15, -0.1) is 23.3 Å². The van der Waals surface area contributed by atoms with Crippen LogP contribution in [0, 0.1) is 24.7 Å². The molecule has 0 bridgehead atoms. The average Bonchev–Trinajstić information content (AvgIpc) is 3.25. The van der Waals surface area contributed by atoms with Gasteiger partial charge in [0.15, 0.2) is 0 Å². The van der Waals surface area contributed by atoms with Crippen LogP contribution < -0.4 is 21.2 Å². The summed E-state index contributed by atoms with van der Waals surface area (Å²) >= 11 is 0. The van der Waals surface area contributed by atoms with Gasteiger partial charge in [0.05, 0.1) is 37.1 Å². The maximum atomic E-state index is 7.08. The van der Waals surface area contributed by atoms with Gasteiger partial charge in [-0.3, -0.25) is 11.8 Å². The van der Waals surface area contributed by atoms with Gasteiger partial charge in [0.2, 0.25) is 0 Å². The van der Waals surface area contributed by atoms with Gasteiger partial charge < -0.3 is 12.8 Å². The molecule has 0 saturated heterocycles. The zero-order chi connectivity index (χ0) is 39.4. The zero-order valence-corrected chi connectivity index (χ0v) is 38.2. The second-order valence-electron chi connectivity index (χ2n) is 14.8. The van der Waals surface area contributed by atoms with Crippen LogP contribution >= 0.6 is 15.8 Å². The minimum Gasteiger partial charge on any atom is -0.366 e. The van der Waals surface area contributed by atoms with Gasteiger partial charge in [-0.25, -0.2) is 0 Å². The summed E-state index contributed by atoms with van der Waals surface area (Å²) in [6.45, 7) is 10.1. The average molecular weight is 975 g/mol. The van der Waals surface area contributed by atoms with Crippen LogP contribution in [0.4, 0.5) is 0 Å². The molecule has 8 rings (SSSR count). The molecule has 8 aromatic carbocycles. The minimum atomic E-state index is -1.07. The first-order valence-electron chi connectivity index (χ1n) is 19.0. The molecule has 0 nitrogen and oxygen atoms in total. The van der Waals surface area contributed by atoms with Gasteiger partial charge in [0.1, 0.15) is 10.3 Å². The molecule has 0 amide bonds. The van der Waals surface area contributed by atoms with Gasteiger partial charge in [-0.2, -0.15) is 0 Å². The number of rotatable bonds is 7. The Kier molecular flexibility index (Phi) is 17.8. The molecule has 0 aliphatic rings. The molecule has 294 valence electrons. The van der Waals surface area contributed by atoms with Crippen molar-refractivity contribution in [2.24, 2.45) is 0 Å². The molecule has 0 aliphatic heterocycles. The number of hydrogen-bond acceptors (Lipinski definition) is 0. The third-order valence-corrected chi connectivity index (χ3v) is 18.6. The van der Waals surface area contributed by atoms with E-state index in [4.69, 9.17) is 12.8 Å². The smallest absolute Gasteiger partial charge is 0.366 e. The molecule has 0 heterocycles. The molecule has 8 aromatic rings. The van der Waals surface area contributed by atoms with E-state index in [0.717, 1.165) is 32.7 Å². The zero-order valence-electron chi connectivity index (χ0n) is 33.2. The summed E-state index contributed by atoms with van der Waals surface area (Å²) in [5.74, 6) is 4.84. The van der Waals surface area contributed by atoms with Crippen molar-refractivity contribution >= 4 is 58.6 Å². The van der Waals surface area contributed by atoms with E-state index in [2.05, 4.69) is 161 Å². The first kappa shape index (κ1) is 46.4. The fraction of sp³-hybridized carbons (Fsp3) is 0.111. The van der Waals surface area contributed by atoms with Gasteiger partial charge in [0, 0.05) is 0 Å². The summed E-state index contributed by atoms with van der Waals surface area (Å²) in [6.07, 6.45) is 14.2. The molecule has 0 saturated carbocycles. The molecule has 0 atom stereocenters. The molecule has 0 fully saturated rings. The Morgan fingerprint density at radius 3 is 0.845 bits per heavy atom. The van der Waals surface area contributed by atoms with E-state index in [9.17, 15) is 0 Å². The predicted octanol–water partition coefficient (Wildman–Crippen LogP) is 11.8. The first-order chi connectivity index (χ1) is 27.3. The van der Waals surface area contributed by atoms with Crippen molar-refractivity contribution in [3.8, 4) is 11.8 Å². The van der Waals surface area contributed by atoms with Crippen LogP contribution in [-0.4, -0.2) is 10.3 Å². The summed E-state index contributed by atoms with van der Waals surface area (Å²) in [4.78, 5) is 0. The van der Waals surface area contributed by atoms with E-state index in [1.165, 1.54) is 21.2 Å². The molecular formula is C54H48Ag2P2+2. The van der Waals surface area contributed by atoms with Crippen molar-refractivity contribution in [1.29, 1.82) is 0 Å². The maximum Gasteiger partial charge on any atom is 1.00 e. The maximum absolute atomic E-state index is 7.08. The number of fused-ring (bicyclic) bond motifs is 2. The van der Waals surface area contributed by atoms with Crippen molar-refractivity contribution in [2.45, 2.75) is 38.0 Å². The standard InChI is InChI=1S/C30H32P2.2C12H7.2Ag/c1-29(2,31(25-17-9-5-10-18-25)26-19-11-6-12-20-26)30(3,4)32(27-21-13-7-14-22-27)28-23-15-8-16-24-28;2*1-2-10-7-5-8-11-6-3-4-9-12(10)11;;/h5-24H,1-4H3;2*3-9H;;/q;2*-1;2*+1/p+2. The molecule has 0 unspecified atom stereocenters. The Morgan fingerprint density at radius 2 is 0.569 bits per heavy atom. The van der Waals surface area contributed by atoms with Crippen molar-refractivity contribution in [3.05, 3.63) is 230 Å². The number of hydrogen-bond donors (Lipinski definition) is 0. The Bertz CT molecular complexity index is 2280. The summed E-state index contributed by atoms with van der Waals surface area (Å²) < 4.78 is 0. The van der Waals surface area contributed by atoms with Crippen LogP contribution in [0.3, 0.4) is 0 Å². The summed E-state index contributed by atoms with van der Waals surface area (Å²) in [5.41, 5.74) is 1.71. The molecule has 0 radical (unpaired) electrons. The Labute approximate surface area is 380 Å². The van der Waals surface area contributed by atoms with Crippen molar-refractivity contribution in [1.82, 2.24) is 0 Å². The molecule has 58 heavy (non-hydrogen) atoms. The van der Waals surface area contributed by atoms with E-state index in [1.54, 1.807) is 0 Å². The van der Waals surface area contributed by atoms with Crippen LogP contribution in [0.15, 0.2) is 206 Å². The molecule has 0 N–H and O–H groups in total. The fourth-order valence-corrected chi connectivity index (χ4v) is 15.1. The third kappa shape index (κ3) is 10.9. The van der Waals surface area contributed by atoms with E-state index in [-0.39, 0.29) is 55.1 Å². The van der Waals surface area contributed by atoms with Gasteiger partial charge in [-0.05, 0) is 87.0 Å².